The summed E-state index contributed by atoms with van der Waals surface area (Å²) in [5.41, 5.74) is 0.520. The molecular weight excluding hydrogens is 455 g/mol. The Balaban J connectivity index is 0.000000136. The van der Waals surface area contributed by atoms with E-state index >= 15 is 0 Å². The fourth-order valence-corrected chi connectivity index (χ4v) is 4.96. The first-order valence-electron chi connectivity index (χ1n) is 10.7. The molecule has 0 radical (unpaired) electrons. The molecule has 4 unspecified atom stereocenters. The number of piperidine rings is 2. The second-order valence-electron chi connectivity index (χ2n) is 8.80. The number of nitrogens with zero attached hydrogens (tertiary/aromatic N) is 6. The highest BCUT2D eigenvalue weighted by molar-refractivity contribution is 6.32. The third kappa shape index (κ3) is 4.33. The maximum absolute atomic E-state index is 11.3. The van der Waals surface area contributed by atoms with E-state index in [1.807, 2.05) is 0 Å². The molecule has 0 amide bonds. The van der Waals surface area contributed by atoms with Crippen molar-refractivity contribution in [3.05, 3.63) is 34.1 Å². The normalized spacial score (nSPS) is 26.8. The van der Waals surface area contributed by atoms with Gasteiger partial charge in [0.15, 0.2) is 16.0 Å². The van der Waals surface area contributed by atoms with Crippen LogP contribution in [0.5, 0.6) is 0 Å². The molecule has 170 valence electrons. The zero-order chi connectivity index (χ0) is 22.4. The Kier molecular flexibility index (Phi) is 5.81. The summed E-state index contributed by atoms with van der Waals surface area (Å²) in [6.07, 6.45) is 5.98. The van der Waals surface area contributed by atoms with Gasteiger partial charge in [-0.2, -0.15) is 0 Å². The number of ether oxygens (including phenoxy) is 1. The van der Waals surface area contributed by atoms with Gasteiger partial charge in [0.2, 0.25) is 0 Å². The smallest absolute Gasteiger partial charge is 0.359 e. The van der Waals surface area contributed by atoms with Crippen LogP contribution in [0.4, 0.5) is 11.6 Å². The maximum Gasteiger partial charge on any atom is 0.359 e. The summed E-state index contributed by atoms with van der Waals surface area (Å²) < 4.78 is 4.57. The van der Waals surface area contributed by atoms with Crippen LogP contribution < -0.4 is 9.80 Å². The fraction of sp³-hybridized carbons (Fsp3) is 0.571. The Bertz CT molecular complexity index is 1020. The predicted octanol–water partition coefficient (Wildman–Crippen LogP) is 2.45. The van der Waals surface area contributed by atoms with Crippen molar-refractivity contribution in [2.24, 2.45) is 23.7 Å². The van der Waals surface area contributed by atoms with E-state index in [4.69, 9.17) is 28.3 Å². The van der Waals surface area contributed by atoms with Gasteiger partial charge in [-0.1, -0.05) is 23.2 Å². The van der Waals surface area contributed by atoms with Crippen LogP contribution in [-0.4, -0.2) is 64.3 Å². The second kappa shape index (κ2) is 8.61. The van der Waals surface area contributed by atoms with Gasteiger partial charge in [0.25, 0.3) is 0 Å². The van der Waals surface area contributed by atoms with Gasteiger partial charge in [0.1, 0.15) is 17.3 Å². The number of anilines is 2. The number of aliphatic hydroxyl groups excluding tert-OH is 1. The van der Waals surface area contributed by atoms with Crippen LogP contribution in [0, 0.1) is 23.7 Å². The summed E-state index contributed by atoms with van der Waals surface area (Å²) >= 11 is 11.8. The Morgan fingerprint density at radius 2 is 1.47 bits per heavy atom. The fourth-order valence-electron chi connectivity index (χ4n) is 4.56. The lowest BCUT2D eigenvalue weighted by molar-refractivity contribution is 0.0593. The van der Waals surface area contributed by atoms with Gasteiger partial charge >= 0.3 is 5.97 Å². The highest BCUT2D eigenvalue weighted by Crippen LogP contribution is 2.46. The molecule has 32 heavy (non-hydrogen) atoms. The molecule has 2 saturated heterocycles. The van der Waals surface area contributed by atoms with Crippen LogP contribution in [0.2, 0.25) is 10.3 Å². The first kappa shape index (κ1) is 21.6. The molecule has 11 heteroatoms. The zero-order valence-corrected chi connectivity index (χ0v) is 19.1. The van der Waals surface area contributed by atoms with E-state index < -0.39 is 5.97 Å². The molecule has 9 nitrogen and oxygen atoms in total. The van der Waals surface area contributed by atoms with Crippen LogP contribution in [-0.2, 0) is 11.3 Å². The topological polar surface area (TPSA) is 105 Å². The van der Waals surface area contributed by atoms with Gasteiger partial charge in [0, 0.05) is 26.2 Å². The van der Waals surface area contributed by atoms with Gasteiger partial charge in [-0.3, -0.25) is 4.98 Å². The molecule has 1 N–H and O–H groups in total. The lowest BCUT2D eigenvalue weighted by atomic mass is 10.4. The molecule has 2 aliphatic carbocycles. The van der Waals surface area contributed by atoms with Crippen molar-refractivity contribution in [3.63, 3.8) is 0 Å². The summed E-state index contributed by atoms with van der Waals surface area (Å²) in [6, 6.07) is 0. The average molecular weight is 479 g/mol. The van der Waals surface area contributed by atoms with Crippen molar-refractivity contribution in [3.8, 4) is 0 Å². The number of rotatable bonds is 4. The van der Waals surface area contributed by atoms with Gasteiger partial charge in [-0.15, -0.1) is 0 Å². The number of aliphatic hydroxyl groups is 1. The van der Waals surface area contributed by atoms with Gasteiger partial charge in [-0.05, 0) is 36.5 Å². The van der Waals surface area contributed by atoms with E-state index in [9.17, 15) is 4.79 Å². The Morgan fingerprint density at radius 3 is 1.91 bits per heavy atom. The standard InChI is InChI=1S/C11H12ClN3O2.C10H12ClN3O/c1-17-11(16)9-10(12)14-8(3-13-9)15-4-6-2-7(6)5-15;11-10-8(5-15)12-2-9(13-10)14-3-6-1-7(6)4-14/h3,6-7H,2,4-5H2,1H3;2,6-7,15H,1,3-5H2. The van der Waals surface area contributed by atoms with Crippen molar-refractivity contribution in [1.29, 1.82) is 0 Å². The molecule has 2 aromatic rings. The quantitative estimate of drug-likeness (QED) is 0.663. The molecule has 4 atom stereocenters. The molecule has 0 bridgehead atoms. The summed E-state index contributed by atoms with van der Waals surface area (Å²) in [5, 5.41) is 9.34. The van der Waals surface area contributed by atoms with E-state index in [1.54, 1.807) is 12.4 Å². The molecule has 2 aromatic heterocycles. The molecule has 4 aliphatic rings. The van der Waals surface area contributed by atoms with Crippen LogP contribution in [0.3, 0.4) is 0 Å². The van der Waals surface area contributed by atoms with E-state index in [2.05, 4.69) is 34.5 Å². The maximum atomic E-state index is 11.3. The molecular formula is C21H24Cl2N6O3. The average Bonchev–Trinajstić information content (AvgIpc) is 3.64. The number of carbonyl (C=O) groups is 1. The minimum atomic E-state index is -0.557. The second-order valence-corrected chi connectivity index (χ2v) is 9.52. The first-order valence-corrected chi connectivity index (χ1v) is 11.5. The summed E-state index contributed by atoms with van der Waals surface area (Å²) in [6.45, 7) is 4.04. The molecule has 0 spiro atoms. The monoisotopic (exact) mass is 478 g/mol. The van der Waals surface area contributed by atoms with Crippen molar-refractivity contribution in [2.75, 3.05) is 43.1 Å². The minimum Gasteiger partial charge on any atom is -0.464 e. The van der Waals surface area contributed by atoms with Crippen LogP contribution in [0.25, 0.3) is 0 Å². The van der Waals surface area contributed by atoms with Gasteiger partial charge < -0.3 is 19.6 Å². The number of hydrogen-bond donors (Lipinski definition) is 1. The molecule has 6 rings (SSSR count). The van der Waals surface area contributed by atoms with Gasteiger partial charge in [-0.25, -0.2) is 19.7 Å². The molecule has 0 aromatic carbocycles. The van der Waals surface area contributed by atoms with Crippen molar-refractivity contribution < 1.29 is 14.6 Å². The number of esters is 1. The number of methoxy groups -OCH3 is 1. The molecule has 4 heterocycles. The van der Waals surface area contributed by atoms with Crippen LogP contribution >= 0.6 is 23.2 Å². The number of halogens is 2. The van der Waals surface area contributed by atoms with Crippen LogP contribution in [0.15, 0.2) is 12.4 Å². The number of carbonyl (C=O) groups excluding carboxylic acids is 1. The number of fused-ring (bicyclic) bond motifs is 2. The Morgan fingerprint density at radius 1 is 0.969 bits per heavy atom. The Hall–Kier alpha value is -2.23. The lowest BCUT2D eigenvalue weighted by Gasteiger charge is -2.18. The van der Waals surface area contributed by atoms with Crippen LogP contribution in [0.1, 0.15) is 29.0 Å². The van der Waals surface area contributed by atoms with Crippen molar-refractivity contribution in [1.82, 2.24) is 19.9 Å². The largest absolute Gasteiger partial charge is 0.464 e. The predicted molar refractivity (Wildman–Crippen MR) is 119 cm³/mol. The SMILES string of the molecule is COC(=O)c1ncc(N2CC3CC3C2)nc1Cl.OCc1ncc(N2CC3CC3C2)nc1Cl. The third-order valence-corrected chi connectivity index (χ3v) is 7.20. The highest BCUT2D eigenvalue weighted by atomic mass is 35.5. The first-order chi connectivity index (χ1) is 15.5. The van der Waals surface area contributed by atoms with Gasteiger partial charge in [0.05, 0.1) is 26.1 Å². The molecule has 4 fully saturated rings. The van der Waals surface area contributed by atoms with E-state index in [0.717, 1.165) is 61.5 Å². The summed E-state index contributed by atoms with van der Waals surface area (Å²) in [4.78, 5) is 32.3. The summed E-state index contributed by atoms with van der Waals surface area (Å²) in [7, 11) is 1.29. The summed E-state index contributed by atoms with van der Waals surface area (Å²) in [5.74, 6) is 4.38. The zero-order valence-electron chi connectivity index (χ0n) is 17.6. The van der Waals surface area contributed by atoms with E-state index in [-0.39, 0.29) is 17.5 Å². The van der Waals surface area contributed by atoms with E-state index in [0.29, 0.717) is 10.8 Å². The number of hydrogen-bond acceptors (Lipinski definition) is 9. The van der Waals surface area contributed by atoms with E-state index in [1.165, 1.54) is 20.0 Å². The number of aromatic nitrogens is 4. The van der Waals surface area contributed by atoms with Crippen molar-refractivity contribution >= 4 is 40.8 Å². The molecule has 2 saturated carbocycles. The Labute approximate surface area is 195 Å². The minimum absolute atomic E-state index is 0.0715. The molecule has 2 aliphatic heterocycles. The van der Waals surface area contributed by atoms with Crippen molar-refractivity contribution in [2.45, 2.75) is 19.4 Å². The lowest BCUT2D eigenvalue weighted by Crippen LogP contribution is -2.23. The highest BCUT2D eigenvalue weighted by Gasteiger charge is 2.46. The third-order valence-electron chi connectivity index (χ3n) is 6.64.